The lowest BCUT2D eigenvalue weighted by Gasteiger charge is -2.28. The van der Waals surface area contributed by atoms with Crippen LogP contribution < -0.4 is 11.1 Å². The summed E-state index contributed by atoms with van der Waals surface area (Å²) in [6, 6.07) is 9.52. The third kappa shape index (κ3) is 3.96. The van der Waals surface area contributed by atoms with E-state index in [0.717, 1.165) is 31.4 Å². The zero-order valence-electron chi connectivity index (χ0n) is 13.2. The number of nitrogens with zero attached hydrogens (tertiary/aromatic N) is 3. The summed E-state index contributed by atoms with van der Waals surface area (Å²) in [6.07, 6.45) is 8.15. The van der Waals surface area contributed by atoms with Crippen LogP contribution in [0.15, 0.2) is 36.5 Å². The Labute approximate surface area is 136 Å². The van der Waals surface area contributed by atoms with E-state index in [1.54, 1.807) is 0 Å². The largest absolute Gasteiger partial charge is 0.349 e. The fraction of sp³-hybridized carbons (Fsp3) is 0.471. The Bertz CT molecular complexity index is 644. The average molecular weight is 313 g/mol. The van der Waals surface area contributed by atoms with Crippen molar-refractivity contribution in [3.05, 3.63) is 42.2 Å². The zero-order chi connectivity index (χ0) is 16.1. The number of hydrogen-bond donors (Lipinski definition) is 2. The second-order valence-corrected chi connectivity index (χ2v) is 6.31. The first-order chi connectivity index (χ1) is 11.2. The second-order valence-electron chi connectivity index (χ2n) is 6.31. The molecule has 23 heavy (non-hydrogen) atoms. The van der Waals surface area contributed by atoms with Crippen LogP contribution in [0.3, 0.4) is 0 Å². The number of carbonyl (C=O) groups excluding carboxylic acids is 1. The van der Waals surface area contributed by atoms with Crippen LogP contribution in [0.4, 0.5) is 0 Å². The van der Waals surface area contributed by atoms with E-state index in [1.165, 1.54) is 23.8 Å². The smallest absolute Gasteiger partial charge is 0.273 e. The van der Waals surface area contributed by atoms with Crippen LogP contribution in [0.1, 0.15) is 49.0 Å². The van der Waals surface area contributed by atoms with Crippen molar-refractivity contribution < 1.29 is 4.79 Å². The molecule has 2 aromatic rings. The number of aromatic nitrogens is 3. The lowest BCUT2D eigenvalue weighted by atomic mass is 9.91. The molecule has 1 aliphatic carbocycles. The highest BCUT2D eigenvalue weighted by molar-refractivity contribution is 5.91. The van der Waals surface area contributed by atoms with Crippen LogP contribution in [0.25, 0.3) is 5.69 Å². The van der Waals surface area contributed by atoms with Gasteiger partial charge in [-0.1, -0.05) is 43.9 Å². The molecule has 1 saturated carbocycles. The van der Waals surface area contributed by atoms with Gasteiger partial charge in [0.2, 0.25) is 0 Å². The maximum atomic E-state index is 12.3. The van der Waals surface area contributed by atoms with Crippen LogP contribution in [0.2, 0.25) is 0 Å². The number of rotatable bonds is 4. The molecule has 1 aliphatic rings. The Morgan fingerprint density at radius 3 is 2.57 bits per heavy atom. The summed E-state index contributed by atoms with van der Waals surface area (Å²) in [5, 5.41) is 11.3. The summed E-state index contributed by atoms with van der Waals surface area (Å²) in [7, 11) is 0. The minimum absolute atomic E-state index is 0.221. The van der Waals surface area contributed by atoms with Gasteiger partial charge in [0.1, 0.15) is 0 Å². The van der Waals surface area contributed by atoms with E-state index in [1.807, 2.05) is 30.3 Å². The fourth-order valence-corrected chi connectivity index (χ4v) is 3.01. The van der Waals surface area contributed by atoms with Crippen molar-refractivity contribution in [1.29, 1.82) is 0 Å². The van der Waals surface area contributed by atoms with Gasteiger partial charge in [0.05, 0.1) is 11.9 Å². The van der Waals surface area contributed by atoms with Gasteiger partial charge in [-0.25, -0.2) is 0 Å². The van der Waals surface area contributed by atoms with Gasteiger partial charge in [0.15, 0.2) is 5.69 Å². The van der Waals surface area contributed by atoms with E-state index >= 15 is 0 Å². The molecule has 0 bridgehead atoms. The molecule has 3 rings (SSSR count). The number of amides is 1. The van der Waals surface area contributed by atoms with Gasteiger partial charge in [-0.3, -0.25) is 4.79 Å². The number of hydrogen-bond acceptors (Lipinski definition) is 4. The third-order valence-corrected chi connectivity index (χ3v) is 4.41. The van der Waals surface area contributed by atoms with Crippen LogP contribution in [-0.2, 0) is 0 Å². The van der Waals surface area contributed by atoms with Crippen LogP contribution >= 0.6 is 0 Å². The van der Waals surface area contributed by atoms with E-state index in [0.29, 0.717) is 12.2 Å². The van der Waals surface area contributed by atoms with Crippen molar-refractivity contribution >= 4 is 5.91 Å². The zero-order valence-corrected chi connectivity index (χ0v) is 13.2. The fourth-order valence-electron chi connectivity index (χ4n) is 3.01. The molecule has 6 nitrogen and oxygen atoms in total. The van der Waals surface area contributed by atoms with Crippen LogP contribution in [0.5, 0.6) is 0 Å². The number of para-hydroxylation sites is 1. The quantitative estimate of drug-likeness (QED) is 0.846. The highest BCUT2D eigenvalue weighted by Gasteiger charge is 2.27. The second kappa shape index (κ2) is 6.91. The van der Waals surface area contributed by atoms with Gasteiger partial charge >= 0.3 is 0 Å². The van der Waals surface area contributed by atoms with Crippen molar-refractivity contribution in [2.75, 3.05) is 6.54 Å². The van der Waals surface area contributed by atoms with Crippen LogP contribution in [0, 0.1) is 0 Å². The monoisotopic (exact) mass is 313 g/mol. The molecule has 1 heterocycles. The Kier molecular flexibility index (Phi) is 4.71. The molecule has 1 fully saturated rings. The molecule has 0 unspecified atom stereocenters. The van der Waals surface area contributed by atoms with Gasteiger partial charge in [0.25, 0.3) is 5.91 Å². The molecule has 122 valence electrons. The molecule has 1 aromatic carbocycles. The van der Waals surface area contributed by atoms with E-state index in [2.05, 4.69) is 15.5 Å². The molecular weight excluding hydrogens is 290 g/mol. The van der Waals surface area contributed by atoms with Gasteiger partial charge in [-0.2, -0.15) is 9.90 Å². The summed E-state index contributed by atoms with van der Waals surface area (Å²) in [5.41, 5.74) is 7.27. The van der Waals surface area contributed by atoms with Crippen LogP contribution in [-0.4, -0.2) is 33.0 Å². The van der Waals surface area contributed by atoms with Gasteiger partial charge in [-0.15, -0.1) is 5.10 Å². The molecule has 1 amide bonds. The Morgan fingerprint density at radius 1 is 1.17 bits per heavy atom. The molecule has 0 atom stereocenters. The predicted molar refractivity (Wildman–Crippen MR) is 88.3 cm³/mol. The van der Waals surface area contributed by atoms with E-state index in [-0.39, 0.29) is 11.4 Å². The van der Waals surface area contributed by atoms with E-state index < -0.39 is 0 Å². The molecule has 0 saturated heterocycles. The van der Waals surface area contributed by atoms with Gasteiger partial charge < -0.3 is 11.1 Å². The molecule has 0 radical (unpaired) electrons. The number of benzene rings is 1. The first-order valence-corrected chi connectivity index (χ1v) is 8.21. The maximum Gasteiger partial charge on any atom is 0.273 e. The van der Waals surface area contributed by atoms with Crippen molar-refractivity contribution in [3.63, 3.8) is 0 Å². The highest BCUT2D eigenvalue weighted by Crippen LogP contribution is 2.24. The number of nitrogens with one attached hydrogen (secondary N) is 1. The summed E-state index contributed by atoms with van der Waals surface area (Å²) in [5.74, 6) is -0.221. The lowest BCUT2D eigenvalue weighted by molar-refractivity contribution is 0.0935. The summed E-state index contributed by atoms with van der Waals surface area (Å²) >= 11 is 0. The van der Waals surface area contributed by atoms with Crippen molar-refractivity contribution in [3.8, 4) is 5.69 Å². The normalized spacial score (nSPS) is 17.4. The summed E-state index contributed by atoms with van der Waals surface area (Å²) < 4.78 is 0. The minimum Gasteiger partial charge on any atom is -0.349 e. The first-order valence-electron chi connectivity index (χ1n) is 8.21. The van der Waals surface area contributed by atoms with Crippen molar-refractivity contribution in [1.82, 2.24) is 20.3 Å². The van der Waals surface area contributed by atoms with E-state index in [4.69, 9.17) is 5.73 Å². The molecule has 0 spiro atoms. The molecule has 0 aliphatic heterocycles. The summed E-state index contributed by atoms with van der Waals surface area (Å²) in [4.78, 5) is 13.7. The first kappa shape index (κ1) is 15.7. The Hall–Kier alpha value is -2.21. The Morgan fingerprint density at radius 2 is 1.87 bits per heavy atom. The highest BCUT2D eigenvalue weighted by atomic mass is 16.2. The molecule has 3 N–H and O–H groups in total. The number of nitrogens with two attached hydrogens (primary N) is 1. The van der Waals surface area contributed by atoms with Gasteiger partial charge in [-0.05, 0) is 25.0 Å². The average Bonchev–Trinajstić information content (AvgIpc) is 2.97. The standard InChI is InChI=1S/C17H23N5O/c18-17(10-6-1-2-7-11-17)13-19-16(23)15-12-20-22(21-15)14-8-4-3-5-9-14/h3-5,8-9,12H,1-2,6-7,10-11,13,18H2,(H,19,23). The Balaban J connectivity index is 1.61. The van der Waals surface area contributed by atoms with Crippen molar-refractivity contribution in [2.45, 2.75) is 44.1 Å². The van der Waals surface area contributed by atoms with E-state index in [9.17, 15) is 4.79 Å². The molecule has 1 aromatic heterocycles. The predicted octanol–water partition coefficient (Wildman–Crippen LogP) is 2.05. The lowest BCUT2D eigenvalue weighted by Crippen LogP contribution is -2.49. The maximum absolute atomic E-state index is 12.3. The van der Waals surface area contributed by atoms with Crippen molar-refractivity contribution in [2.24, 2.45) is 5.73 Å². The molecular formula is C17H23N5O. The summed E-state index contributed by atoms with van der Waals surface area (Å²) in [6.45, 7) is 0.490. The topological polar surface area (TPSA) is 85.8 Å². The SMILES string of the molecule is NC1(CNC(=O)c2cnn(-c3ccccc3)n2)CCCCCC1. The van der Waals surface area contributed by atoms with Gasteiger partial charge in [0, 0.05) is 12.1 Å². The minimum atomic E-state index is -0.290. The number of carbonyl (C=O) groups is 1. The third-order valence-electron chi connectivity index (χ3n) is 4.41. The molecule has 6 heteroatoms.